The lowest BCUT2D eigenvalue weighted by Crippen LogP contribution is -2.54. The molecule has 3 rings (SSSR count). The summed E-state index contributed by atoms with van der Waals surface area (Å²) in [6, 6.07) is 0. The fraction of sp³-hybridized carbons (Fsp3) is 0.875. The van der Waals surface area contributed by atoms with Crippen LogP contribution in [0.15, 0.2) is 5.16 Å². The first kappa shape index (κ1) is 14.7. The summed E-state index contributed by atoms with van der Waals surface area (Å²) >= 11 is 0. The number of rotatable bonds is 2. The molecule has 1 heterocycles. The summed E-state index contributed by atoms with van der Waals surface area (Å²) < 4.78 is 0. The number of nitrogens with zero attached hydrogens (tertiary/aromatic N) is 2. The molecule has 0 bridgehead atoms. The van der Waals surface area contributed by atoms with Crippen molar-refractivity contribution in [2.45, 2.75) is 57.8 Å². The van der Waals surface area contributed by atoms with E-state index in [2.05, 4.69) is 5.16 Å². The molecule has 2 saturated carbocycles. The van der Waals surface area contributed by atoms with Crippen molar-refractivity contribution in [2.24, 2.45) is 28.1 Å². The van der Waals surface area contributed by atoms with Gasteiger partial charge in [0.25, 0.3) is 0 Å². The van der Waals surface area contributed by atoms with Crippen molar-refractivity contribution in [3.05, 3.63) is 0 Å². The van der Waals surface area contributed by atoms with Gasteiger partial charge in [0.2, 0.25) is 5.91 Å². The minimum absolute atomic E-state index is 0.110. The first-order chi connectivity index (χ1) is 10.2. The van der Waals surface area contributed by atoms with Crippen LogP contribution in [0.5, 0.6) is 0 Å². The van der Waals surface area contributed by atoms with Gasteiger partial charge in [-0.15, -0.1) is 0 Å². The molecule has 3 N–H and O–H groups in total. The zero-order valence-electron chi connectivity index (χ0n) is 12.8. The Hall–Kier alpha value is -1.26. The molecule has 118 valence electrons. The van der Waals surface area contributed by atoms with Crippen LogP contribution in [-0.4, -0.2) is 34.9 Å². The Bertz CT molecular complexity index is 429. The second kappa shape index (κ2) is 5.85. The van der Waals surface area contributed by atoms with Gasteiger partial charge in [0.1, 0.15) is 5.41 Å². The first-order valence-corrected chi connectivity index (χ1v) is 8.45. The minimum atomic E-state index is -0.726. The molecule has 0 aromatic carbocycles. The Morgan fingerprint density at radius 1 is 1.10 bits per heavy atom. The maximum absolute atomic E-state index is 13.1. The first-order valence-electron chi connectivity index (χ1n) is 8.45. The number of hydrogen-bond acceptors (Lipinski definition) is 3. The van der Waals surface area contributed by atoms with E-state index in [4.69, 9.17) is 10.9 Å². The number of carbonyl (C=O) groups is 1. The Balaban J connectivity index is 1.75. The van der Waals surface area contributed by atoms with Crippen LogP contribution >= 0.6 is 0 Å². The summed E-state index contributed by atoms with van der Waals surface area (Å²) in [7, 11) is 0. The molecule has 2 atom stereocenters. The fourth-order valence-corrected chi connectivity index (χ4v) is 4.74. The third kappa shape index (κ3) is 2.51. The maximum Gasteiger partial charge on any atom is 0.236 e. The number of likely N-dealkylation sites (tertiary alicyclic amines) is 1. The highest BCUT2D eigenvalue weighted by atomic mass is 16.4. The van der Waals surface area contributed by atoms with E-state index in [-0.39, 0.29) is 11.7 Å². The highest BCUT2D eigenvalue weighted by molar-refractivity contribution is 6.07. The number of fused-ring (bicyclic) bond motifs is 1. The fourth-order valence-electron chi connectivity index (χ4n) is 4.74. The van der Waals surface area contributed by atoms with Crippen molar-refractivity contribution in [1.29, 1.82) is 0 Å². The molecule has 0 spiro atoms. The molecule has 0 aromatic heterocycles. The Labute approximate surface area is 126 Å². The summed E-state index contributed by atoms with van der Waals surface area (Å²) in [6.07, 6.45) is 9.80. The van der Waals surface area contributed by atoms with Gasteiger partial charge in [-0.05, 0) is 37.5 Å². The van der Waals surface area contributed by atoms with Crippen LogP contribution in [0.25, 0.3) is 0 Å². The van der Waals surface area contributed by atoms with E-state index >= 15 is 0 Å². The van der Waals surface area contributed by atoms with Crippen molar-refractivity contribution in [3.8, 4) is 0 Å². The highest BCUT2D eigenvalue weighted by Crippen LogP contribution is 2.42. The Morgan fingerprint density at radius 3 is 2.43 bits per heavy atom. The maximum atomic E-state index is 13.1. The van der Waals surface area contributed by atoms with Gasteiger partial charge in [-0.1, -0.05) is 37.3 Å². The SMILES string of the molecule is NC(=NO)C1(C(=O)N2CCC3CCCCC3C2)CCCC1. The van der Waals surface area contributed by atoms with Gasteiger partial charge < -0.3 is 15.8 Å². The summed E-state index contributed by atoms with van der Waals surface area (Å²) in [5.41, 5.74) is 5.18. The van der Waals surface area contributed by atoms with Crippen LogP contribution in [0.3, 0.4) is 0 Å². The molecular formula is C16H27N3O2. The Morgan fingerprint density at radius 2 is 1.76 bits per heavy atom. The predicted molar refractivity (Wildman–Crippen MR) is 81.0 cm³/mol. The second-order valence-electron chi connectivity index (χ2n) is 7.12. The lowest BCUT2D eigenvalue weighted by molar-refractivity contribution is -0.141. The van der Waals surface area contributed by atoms with Crippen molar-refractivity contribution < 1.29 is 10.0 Å². The highest BCUT2D eigenvalue weighted by Gasteiger charge is 2.48. The van der Waals surface area contributed by atoms with Gasteiger partial charge in [-0.3, -0.25) is 4.79 Å². The van der Waals surface area contributed by atoms with Crippen LogP contribution in [0.1, 0.15) is 57.8 Å². The second-order valence-corrected chi connectivity index (χ2v) is 7.12. The van der Waals surface area contributed by atoms with Gasteiger partial charge in [0.05, 0.1) is 0 Å². The summed E-state index contributed by atoms with van der Waals surface area (Å²) in [5.74, 6) is 1.71. The summed E-state index contributed by atoms with van der Waals surface area (Å²) in [4.78, 5) is 15.1. The number of oxime groups is 1. The molecule has 3 aliphatic rings. The van der Waals surface area contributed by atoms with Gasteiger partial charge in [0.15, 0.2) is 5.84 Å². The number of carbonyl (C=O) groups excluding carboxylic acids is 1. The van der Waals surface area contributed by atoms with Crippen molar-refractivity contribution in [2.75, 3.05) is 13.1 Å². The summed E-state index contributed by atoms with van der Waals surface area (Å²) in [5, 5.41) is 12.3. The van der Waals surface area contributed by atoms with Gasteiger partial charge >= 0.3 is 0 Å². The van der Waals surface area contributed by atoms with E-state index < -0.39 is 5.41 Å². The molecule has 21 heavy (non-hydrogen) atoms. The zero-order chi connectivity index (χ0) is 14.9. The molecule has 1 saturated heterocycles. The Kier molecular flexibility index (Phi) is 4.09. The molecule has 1 aliphatic heterocycles. The number of amidine groups is 1. The van der Waals surface area contributed by atoms with Crippen molar-refractivity contribution in [1.82, 2.24) is 4.90 Å². The van der Waals surface area contributed by atoms with Gasteiger partial charge in [-0.2, -0.15) is 0 Å². The van der Waals surface area contributed by atoms with Crippen molar-refractivity contribution >= 4 is 11.7 Å². The summed E-state index contributed by atoms with van der Waals surface area (Å²) in [6.45, 7) is 1.73. The van der Waals surface area contributed by atoms with E-state index in [9.17, 15) is 4.79 Å². The van der Waals surface area contributed by atoms with E-state index in [1.165, 1.54) is 25.7 Å². The minimum Gasteiger partial charge on any atom is -0.409 e. The topological polar surface area (TPSA) is 78.9 Å². The van der Waals surface area contributed by atoms with Crippen LogP contribution in [0.2, 0.25) is 0 Å². The molecule has 5 nitrogen and oxygen atoms in total. The molecule has 0 aromatic rings. The normalized spacial score (nSPS) is 32.8. The van der Waals surface area contributed by atoms with Gasteiger partial charge in [-0.25, -0.2) is 0 Å². The van der Waals surface area contributed by atoms with E-state index in [1.54, 1.807) is 0 Å². The monoisotopic (exact) mass is 293 g/mol. The molecule has 2 unspecified atom stereocenters. The standard InChI is InChI=1S/C16H27N3O2/c17-14(18-21)16(8-3-4-9-16)15(20)19-10-7-12-5-1-2-6-13(12)11-19/h12-13,21H,1-11H2,(H2,17,18). The zero-order valence-corrected chi connectivity index (χ0v) is 12.8. The quantitative estimate of drug-likeness (QED) is 0.355. The van der Waals surface area contributed by atoms with Crippen LogP contribution < -0.4 is 5.73 Å². The van der Waals surface area contributed by atoms with Crippen LogP contribution in [0.4, 0.5) is 0 Å². The van der Waals surface area contributed by atoms with Crippen LogP contribution in [0, 0.1) is 17.3 Å². The molecule has 1 amide bonds. The molecule has 5 heteroatoms. The average molecular weight is 293 g/mol. The average Bonchev–Trinajstić information content (AvgIpc) is 3.03. The van der Waals surface area contributed by atoms with Gasteiger partial charge in [0, 0.05) is 13.1 Å². The lowest BCUT2D eigenvalue weighted by Gasteiger charge is -2.44. The largest absolute Gasteiger partial charge is 0.409 e. The number of nitrogens with two attached hydrogens (primary N) is 1. The smallest absolute Gasteiger partial charge is 0.236 e. The lowest BCUT2D eigenvalue weighted by atomic mass is 9.74. The van der Waals surface area contributed by atoms with E-state index in [0.717, 1.165) is 51.1 Å². The van der Waals surface area contributed by atoms with E-state index in [0.29, 0.717) is 5.92 Å². The molecule has 2 aliphatic carbocycles. The number of piperidine rings is 1. The van der Waals surface area contributed by atoms with E-state index in [1.807, 2.05) is 4.90 Å². The van der Waals surface area contributed by atoms with Crippen LogP contribution in [-0.2, 0) is 4.79 Å². The third-order valence-corrected chi connectivity index (χ3v) is 6.04. The third-order valence-electron chi connectivity index (χ3n) is 6.04. The number of hydrogen-bond donors (Lipinski definition) is 2. The number of amides is 1. The predicted octanol–water partition coefficient (Wildman–Crippen LogP) is 2.33. The van der Waals surface area contributed by atoms with Crippen molar-refractivity contribution in [3.63, 3.8) is 0 Å². The molecule has 3 fully saturated rings. The molecule has 0 radical (unpaired) electrons. The molecular weight excluding hydrogens is 266 g/mol.